The Kier molecular flexibility index (Phi) is 5.12. The van der Waals surface area contributed by atoms with Gasteiger partial charge in [0.15, 0.2) is 0 Å². The standard InChI is InChI=1S/C14H17ClN4O/c1-3-9-20-14-18-12(15)17-13(19-14)16-10(2)11-7-5-4-6-8-11/h4-8,10H,3,9H2,1-2H3,(H,16,17,18,19). The van der Waals surface area contributed by atoms with Crippen LogP contribution in [0.4, 0.5) is 5.95 Å². The van der Waals surface area contributed by atoms with Crippen molar-refractivity contribution >= 4 is 17.5 Å². The second kappa shape index (κ2) is 7.05. The van der Waals surface area contributed by atoms with Gasteiger partial charge in [-0.25, -0.2) is 0 Å². The fourth-order valence-corrected chi connectivity index (χ4v) is 1.83. The molecule has 0 radical (unpaired) electrons. The Morgan fingerprint density at radius 2 is 1.95 bits per heavy atom. The maximum Gasteiger partial charge on any atom is 0.322 e. The Balaban J connectivity index is 2.10. The van der Waals surface area contributed by atoms with Crippen molar-refractivity contribution in [2.75, 3.05) is 11.9 Å². The van der Waals surface area contributed by atoms with Gasteiger partial charge >= 0.3 is 6.01 Å². The molecule has 1 unspecified atom stereocenters. The summed E-state index contributed by atoms with van der Waals surface area (Å²) in [6.07, 6.45) is 0.881. The predicted molar refractivity (Wildman–Crippen MR) is 79.1 cm³/mol. The molecule has 0 aliphatic carbocycles. The molecule has 20 heavy (non-hydrogen) atoms. The maximum absolute atomic E-state index is 5.88. The summed E-state index contributed by atoms with van der Waals surface area (Å²) in [6, 6.07) is 10.3. The smallest absolute Gasteiger partial charge is 0.322 e. The number of halogens is 1. The highest BCUT2D eigenvalue weighted by Gasteiger charge is 2.10. The van der Waals surface area contributed by atoms with E-state index in [1.807, 2.05) is 44.2 Å². The fourth-order valence-electron chi connectivity index (χ4n) is 1.67. The summed E-state index contributed by atoms with van der Waals surface area (Å²) < 4.78 is 5.38. The summed E-state index contributed by atoms with van der Waals surface area (Å²) in [7, 11) is 0. The van der Waals surface area contributed by atoms with Crippen LogP contribution in [0.3, 0.4) is 0 Å². The fraction of sp³-hybridized carbons (Fsp3) is 0.357. The average Bonchev–Trinajstić information content (AvgIpc) is 2.45. The molecule has 2 rings (SSSR count). The summed E-state index contributed by atoms with van der Waals surface area (Å²) >= 11 is 5.88. The van der Waals surface area contributed by atoms with Crippen LogP contribution in [0, 0.1) is 0 Å². The van der Waals surface area contributed by atoms with Crippen molar-refractivity contribution in [2.24, 2.45) is 0 Å². The van der Waals surface area contributed by atoms with Crippen molar-refractivity contribution in [1.29, 1.82) is 0 Å². The highest BCUT2D eigenvalue weighted by Crippen LogP contribution is 2.18. The largest absolute Gasteiger partial charge is 0.463 e. The maximum atomic E-state index is 5.88. The Morgan fingerprint density at radius 3 is 2.65 bits per heavy atom. The van der Waals surface area contributed by atoms with E-state index in [-0.39, 0.29) is 17.3 Å². The Hall–Kier alpha value is -1.88. The van der Waals surface area contributed by atoms with Crippen molar-refractivity contribution in [3.63, 3.8) is 0 Å². The average molecular weight is 293 g/mol. The van der Waals surface area contributed by atoms with Gasteiger partial charge in [0.1, 0.15) is 0 Å². The first-order chi connectivity index (χ1) is 9.69. The third-order valence-corrected chi connectivity index (χ3v) is 2.84. The minimum Gasteiger partial charge on any atom is -0.463 e. The van der Waals surface area contributed by atoms with Gasteiger partial charge in [0.05, 0.1) is 12.6 Å². The second-order valence-corrected chi connectivity index (χ2v) is 4.67. The first-order valence-electron chi connectivity index (χ1n) is 6.55. The molecule has 2 aromatic rings. The van der Waals surface area contributed by atoms with Crippen LogP contribution in [0.2, 0.25) is 5.28 Å². The SMILES string of the molecule is CCCOc1nc(Cl)nc(NC(C)c2ccccc2)n1. The first kappa shape index (κ1) is 14.5. The summed E-state index contributed by atoms with van der Waals surface area (Å²) in [5, 5.41) is 3.31. The molecule has 0 aliphatic rings. The van der Waals surface area contributed by atoms with Gasteiger partial charge < -0.3 is 10.1 Å². The van der Waals surface area contributed by atoms with Crippen LogP contribution in [0.15, 0.2) is 30.3 Å². The molecule has 1 heterocycles. The molecule has 0 fully saturated rings. The van der Waals surface area contributed by atoms with Gasteiger partial charge in [-0.3, -0.25) is 0 Å². The van der Waals surface area contributed by atoms with E-state index < -0.39 is 0 Å². The van der Waals surface area contributed by atoms with Gasteiger partial charge in [0.25, 0.3) is 0 Å². The van der Waals surface area contributed by atoms with Crippen molar-refractivity contribution in [1.82, 2.24) is 15.0 Å². The molecule has 0 saturated carbocycles. The Labute approximate surface area is 123 Å². The third-order valence-electron chi connectivity index (χ3n) is 2.67. The van der Waals surface area contributed by atoms with E-state index in [0.29, 0.717) is 12.6 Å². The number of rotatable bonds is 6. The second-order valence-electron chi connectivity index (χ2n) is 4.34. The quantitative estimate of drug-likeness (QED) is 0.883. The third kappa shape index (κ3) is 4.06. The van der Waals surface area contributed by atoms with E-state index in [1.165, 1.54) is 0 Å². The zero-order valence-electron chi connectivity index (χ0n) is 11.5. The molecule has 6 heteroatoms. The Morgan fingerprint density at radius 1 is 1.20 bits per heavy atom. The van der Waals surface area contributed by atoms with Gasteiger partial charge in [-0.05, 0) is 30.5 Å². The number of anilines is 1. The molecular weight excluding hydrogens is 276 g/mol. The molecule has 5 nitrogen and oxygen atoms in total. The van der Waals surface area contributed by atoms with Crippen LogP contribution in [-0.2, 0) is 0 Å². The molecule has 1 N–H and O–H groups in total. The van der Waals surface area contributed by atoms with E-state index in [2.05, 4.69) is 20.3 Å². The minimum atomic E-state index is 0.0636. The molecule has 0 amide bonds. The number of nitrogens with one attached hydrogen (secondary N) is 1. The zero-order chi connectivity index (χ0) is 14.4. The number of benzene rings is 1. The molecule has 0 spiro atoms. The lowest BCUT2D eigenvalue weighted by Gasteiger charge is -2.14. The van der Waals surface area contributed by atoms with Crippen LogP contribution < -0.4 is 10.1 Å². The van der Waals surface area contributed by atoms with Crippen LogP contribution in [0.1, 0.15) is 31.9 Å². The minimum absolute atomic E-state index is 0.0636. The van der Waals surface area contributed by atoms with Crippen LogP contribution >= 0.6 is 11.6 Å². The lowest BCUT2D eigenvalue weighted by molar-refractivity contribution is 0.291. The van der Waals surface area contributed by atoms with E-state index in [4.69, 9.17) is 16.3 Å². The molecule has 0 bridgehead atoms. The predicted octanol–water partition coefficient (Wildman–Crippen LogP) is 3.49. The summed E-state index contributed by atoms with van der Waals surface area (Å²) in [5.41, 5.74) is 1.14. The normalized spacial score (nSPS) is 11.9. The zero-order valence-corrected chi connectivity index (χ0v) is 12.3. The summed E-state index contributed by atoms with van der Waals surface area (Å²) in [5.74, 6) is 0.410. The van der Waals surface area contributed by atoms with Gasteiger partial charge in [0.2, 0.25) is 11.2 Å². The number of nitrogens with zero attached hydrogens (tertiary/aromatic N) is 3. The summed E-state index contributed by atoms with van der Waals surface area (Å²) in [4.78, 5) is 12.2. The number of hydrogen-bond acceptors (Lipinski definition) is 5. The molecule has 1 aromatic heterocycles. The topological polar surface area (TPSA) is 59.9 Å². The van der Waals surface area contributed by atoms with Crippen molar-refractivity contribution in [3.05, 3.63) is 41.2 Å². The van der Waals surface area contributed by atoms with Crippen molar-refractivity contribution in [2.45, 2.75) is 26.3 Å². The van der Waals surface area contributed by atoms with Gasteiger partial charge in [-0.1, -0.05) is 37.3 Å². The lowest BCUT2D eigenvalue weighted by Crippen LogP contribution is -2.11. The van der Waals surface area contributed by atoms with E-state index in [1.54, 1.807) is 0 Å². The molecule has 1 atom stereocenters. The monoisotopic (exact) mass is 292 g/mol. The van der Waals surface area contributed by atoms with Crippen LogP contribution in [0.5, 0.6) is 6.01 Å². The molecule has 1 aromatic carbocycles. The highest BCUT2D eigenvalue weighted by molar-refractivity contribution is 6.28. The van der Waals surface area contributed by atoms with Gasteiger partial charge in [0, 0.05) is 0 Å². The molecule has 0 saturated heterocycles. The lowest BCUT2D eigenvalue weighted by atomic mass is 10.1. The molecule has 0 aliphatic heterocycles. The Bertz CT molecular complexity index is 550. The van der Waals surface area contributed by atoms with Crippen LogP contribution in [0.25, 0.3) is 0 Å². The van der Waals surface area contributed by atoms with Gasteiger partial charge in [-0.15, -0.1) is 0 Å². The van der Waals surface area contributed by atoms with Crippen molar-refractivity contribution in [3.8, 4) is 6.01 Å². The molecule has 106 valence electrons. The van der Waals surface area contributed by atoms with E-state index in [9.17, 15) is 0 Å². The highest BCUT2D eigenvalue weighted by atomic mass is 35.5. The van der Waals surface area contributed by atoms with Gasteiger partial charge in [-0.2, -0.15) is 15.0 Å². The summed E-state index contributed by atoms with van der Waals surface area (Å²) in [6.45, 7) is 4.59. The number of aromatic nitrogens is 3. The van der Waals surface area contributed by atoms with E-state index in [0.717, 1.165) is 12.0 Å². The van der Waals surface area contributed by atoms with E-state index >= 15 is 0 Å². The number of hydrogen-bond donors (Lipinski definition) is 1. The number of ether oxygens (including phenoxy) is 1. The van der Waals surface area contributed by atoms with Crippen molar-refractivity contribution < 1.29 is 4.74 Å². The molecular formula is C14H17ClN4O. The first-order valence-corrected chi connectivity index (χ1v) is 6.92. The van der Waals surface area contributed by atoms with Crippen LogP contribution in [-0.4, -0.2) is 21.6 Å².